The third kappa shape index (κ3) is 11.0. The average Bonchev–Trinajstić information content (AvgIpc) is 3.65. The highest BCUT2D eigenvalue weighted by atomic mass is 19.4. The quantitative estimate of drug-likeness (QED) is 0.0898. The standard InChI is InChI=1S/C53H51F6N3/c1-4-6-38-8-20-44(21-9-38)61(45-22-10-39(7-5-2)11-23-45)48-28-16-42(17-29-48)50-32-33-51(60(50)3)43-18-30-49(31-19-43)62(46-24-12-40(13-25-46)34-36-52(54,55)56)47-26-14-41(15-27-47)35-37-53(57,58)59/h8-33H,4-7,34-37H2,1-3H3. The zero-order valence-electron chi connectivity index (χ0n) is 35.3. The molecular weight excluding hydrogens is 793 g/mol. The Kier molecular flexibility index (Phi) is 13.6. The van der Waals surface area contributed by atoms with Crippen molar-refractivity contribution in [1.82, 2.24) is 4.57 Å². The number of aromatic nitrogens is 1. The summed E-state index contributed by atoms with van der Waals surface area (Å²) in [7, 11) is 2.04. The number of halogens is 6. The Labute approximate surface area is 360 Å². The molecule has 0 aliphatic carbocycles. The monoisotopic (exact) mass is 843 g/mol. The first kappa shape index (κ1) is 43.9. The molecule has 0 saturated heterocycles. The van der Waals surface area contributed by atoms with Gasteiger partial charge in [0.25, 0.3) is 0 Å². The molecule has 0 amide bonds. The molecule has 0 spiro atoms. The van der Waals surface area contributed by atoms with Gasteiger partial charge in [-0.15, -0.1) is 0 Å². The molecule has 0 radical (unpaired) electrons. The van der Waals surface area contributed by atoms with E-state index in [1.54, 1.807) is 48.5 Å². The largest absolute Gasteiger partial charge is 0.389 e. The fourth-order valence-corrected chi connectivity index (χ4v) is 7.94. The number of hydrogen-bond acceptors (Lipinski definition) is 2. The van der Waals surface area contributed by atoms with Crippen molar-refractivity contribution in [1.29, 1.82) is 0 Å². The van der Waals surface area contributed by atoms with Crippen molar-refractivity contribution in [3.8, 4) is 22.5 Å². The van der Waals surface area contributed by atoms with E-state index in [1.165, 1.54) is 11.1 Å². The maximum absolute atomic E-state index is 12.9. The molecule has 3 nitrogen and oxygen atoms in total. The van der Waals surface area contributed by atoms with Crippen LogP contribution in [-0.4, -0.2) is 16.9 Å². The minimum absolute atomic E-state index is 0.130. The van der Waals surface area contributed by atoms with Crippen LogP contribution in [0, 0.1) is 0 Å². The molecule has 7 aromatic rings. The van der Waals surface area contributed by atoms with Crippen LogP contribution in [0.1, 0.15) is 61.8 Å². The molecule has 0 bridgehead atoms. The molecule has 0 unspecified atom stereocenters. The van der Waals surface area contributed by atoms with E-state index in [2.05, 4.69) is 108 Å². The molecule has 0 atom stereocenters. The van der Waals surface area contributed by atoms with Crippen molar-refractivity contribution in [3.63, 3.8) is 0 Å². The Morgan fingerprint density at radius 3 is 0.839 bits per heavy atom. The Hall–Kier alpha value is -6.22. The average molecular weight is 844 g/mol. The van der Waals surface area contributed by atoms with Crippen LogP contribution in [0.25, 0.3) is 22.5 Å². The fourth-order valence-electron chi connectivity index (χ4n) is 7.94. The van der Waals surface area contributed by atoms with Gasteiger partial charge >= 0.3 is 12.4 Å². The summed E-state index contributed by atoms with van der Waals surface area (Å²) in [5, 5.41) is 0. The van der Waals surface area contributed by atoms with Crippen LogP contribution in [0.4, 0.5) is 60.5 Å². The van der Waals surface area contributed by atoms with Crippen LogP contribution in [0.3, 0.4) is 0 Å². The number of rotatable bonds is 16. The van der Waals surface area contributed by atoms with Gasteiger partial charge in [-0.2, -0.15) is 26.3 Å². The smallest absolute Gasteiger partial charge is 0.344 e. The molecule has 0 aliphatic rings. The van der Waals surface area contributed by atoms with E-state index >= 15 is 0 Å². The summed E-state index contributed by atoms with van der Waals surface area (Å²) in [6.07, 6.45) is -6.31. The van der Waals surface area contributed by atoms with Gasteiger partial charge in [-0.1, -0.05) is 99.5 Å². The molecule has 62 heavy (non-hydrogen) atoms. The van der Waals surface area contributed by atoms with E-state index in [0.29, 0.717) is 22.5 Å². The van der Waals surface area contributed by atoms with Crippen molar-refractivity contribution in [3.05, 3.63) is 180 Å². The highest BCUT2D eigenvalue weighted by Crippen LogP contribution is 2.39. The van der Waals surface area contributed by atoms with Gasteiger partial charge in [0, 0.05) is 65.4 Å². The lowest BCUT2D eigenvalue weighted by Gasteiger charge is -2.26. The third-order valence-electron chi connectivity index (χ3n) is 11.2. The normalized spacial score (nSPS) is 11.8. The lowest BCUT2D eigenvalue weighted by molar-refractivity contribution is -0.134. The summed E-state index contributed by atoms with van der Waals surface area (Å²) in [5.74, 6) is 0. The molecule has 6 aromatic carbocycles. The van der Waals surface area contributed by atoms with Crippen molar-refractivity contribution in [2.75, 3.05) is 9.80 Å². The Morgan fingerprint density at radius 1 is 0.355 bits per heavy atom. The van der Waals surface area contributed by atoms with Crippen LogP contribution in [-0.2, 0) is 32.7 Å². The molecule has 0 aliphatic heterocycles. The molecule has 9 heteroatoms. The predicted octanol–water partition coefficient (Wildman–Crippen LogP) is 16.2. The zero-order valence-corrected chi connectivity index (χ0v) is 35.3. The Balaban J connectivity index is 1.15. The number of anilines is 6. The van der Waals surface area contributed by atoms with E-state index in [4.69, 9.17) is 0 Å². The number of nitrogens with zero attached hydrogens (tertiary/aromatic N) is 3. The van der Waals surface area contributed by atoms with Crippen molar-refractivity contribution >= 4 is 34.1 Å². The number of hydrogen-bond donors (Lipinski definition) is 0. The summed E-state index contributed by atoms with van der Waals surface area (Å²) in [6, 6.07) is 52.3. The fraction of sp³-hybridized carbons (Fsp3) is 0.245. The molecule has 1 heterocycles. The number of alkyl halides is 6. The molecule has 320 valence electrons. The summed E-state index contributed by atoms with van der Waals surface area (Å²) < 4.78 is 79.8. The molecular formula is C53H51F6N3. The summed E-state index contributed by atoms with van der Waals surface area (Å²) in [5.41, 5.74) is 13.3. The molecule has 7 rings (SSSR count). The minimum Gasteiger partial charge on any atom is -0.344 e. The van der Waals surface area contributed by atoms with E-state index < -0.39 is 25.2 Å². The van der Waals surface area contributed by atoms with E-state index in [-0.39, 0.29) is 12.8 Å². The van der Waals surface area contributed by atoms with E-state index in [1.807, 2.05) is 36.2 Å². The first-order chi connectivity index (χ1) is 29.8. The molecule has 1 aromatic heterocycles. The van der Waals surface area contributed by atoms with Gasteiger partial charge in [-0.05, 0) is 144 Å². The number of aryl methyl sites for hydroxylation is 4. The van der Waals surface area contributed by atoms with Gasteiger partial charge in [0.05, 0.1) is 0 Å². The zero-order chi connectivity index (χ0) is 43.9. The second-order valence-corrected chi connectivity index (χ2v) is 15.8. The van der Waals surface area contributed by atoms with Gasteiger partial charge in [-0.25, -0.2) is 0 Å². The number of benzene rings is 6. The first-order valence-corrected chi connectivity index (χ1v) is 21.2. The van der Waals surface area contributed by atoms with Crippen LogP contribution in [0.5, 0.6) is 0 Å². The lowest BCUT2D eigenvalue weighted by Crippen LogP contribution is -2.11. The predicted molar refractivity (Wildman–Crippen MR) is 242 cm³/mol. The SMILES string of the molecule is CCCc1ccc(N(c2ccc(CCC)cc2)c2ccc(-c3ccc(-c4ccc(N(c5ccc(CCC(F)(F)F)cc5)c5ccc(CCC(F)(F)F)cc5)cc4)n3C)cc2)cc1. The first-order valence-electron chi connectivity index (χ1n) is 21.2. The van der Waals surface area contributed by atoms with Crippen LogP contribution >= 0.6 is 0 Å². The highest BCUT2D eigenvalue weighted by Gasteiger charge is 2.27. The summed E-state index contributed by atoms with van der Waals surface area (Å²) in [4.78, 5) is 4.24. The summed E-state index contributed by atoms with van der Waals surface area (Å²) >= 11 is 0. The Morgan fingerprint density at radius 2 is 0.597 bits per heavy atom. The van der Waals surface area contributed by atoms with E-state index in [0.717, 1.165) is 70.9 Å². The van der Waals surface area contributed by atoms with Gasteiger partial charge in [0.1, 0.15) is 0 Å². The molecule has 0 saturated carbocycles. The van der Waals surface area contributed by atoms with Crippen molar-refractivity contribution < 1.29 is 26.3 Å². The molecule has 0 N–H and O–H groups in total. The van der Waals surface area contributed by atoms with E-state index in [9.17, 15) is 26.3 Å². The van der Waals surface area contributed by atoms with Crippen LogP contribution < -0.4 is 9.80 Å². The van der Waals surface area contributed by atoms with Gasteiger partial charge in [0.15, 0.2) is 0 Å². The van der Waals surface area contributed by atoms with Crippen molar-refractivity contribution in [2.24, 2.45) is 7.05 Å². The van der Waals surface area contributed by atoms with Crippen LogP contribution in [0.2, 0.25) is 0 Å². The van der Waals surface area contributed by atoms with Crippen molar-refractivity contribution in [2.45, 2.75) is 77.6 Å². The maximum atomic E-state index is 12.9. The van der Waals surface area contributed by atoms with Gasteiger partial charge in [0.2, 0.25) is 0 Å². The Bertz CT molecular complexity index is 2370. The summed E-state index contributed by atoms with van der Waals surface area (Å²) in [6.45, 7) is 4.39. The maximum Gasteiger partial charge on any atom is 0.389 e. The lowest BCUT2D eigenvalue weighted by atomic mass is 10.1. The van der Waals surface area contributed by atoms with Crippen LogP contribution in [0.15, 0.2) is 158 Å². The van der Waals surface area contributed by atoms with Gasteiger partial charge in [-0.3, -0.25) is 0 Å². The highest BCUT2D eigenvalue weighted by molar-refractivity contribution is 5.81. The van der Waals surface area contributed by atoms with Gasteiger partial charge < -0.3 is 14.4 Å². The third-order valence-corrected chi connectivity index (χ3v) is 11.2. The molecule has 0 fully saturated rings. The second kappa shape index (κ2) is 19.2. The minimum atomic E-state index is -4.26. The topological polar surface area (TPSA) is 11.4 Å². The second-order valence-electron chi connectivity index (χ2n) is 15.8.